The van der Waals surface area contributed by atoms with Gasteiger partial charge in [0.2, 0.25) is 0 Å². The highest BCUT2D eigenvalue weighted by Crippen LogP contribution is 2.38. The molecule has 0 aliphatic heterocycles. The molecule has 0 aliphatic rings. The van der Waals surface area contributed by atoms with Gasteiger partial charge in [0, 0.05) is 16.8 Å². The predicted octanol–water partition coefficient (Wildman–Crippen LogP) is 6.33. The molecule has 0 saturated carbocycles. The van der Waals surface area contributed by atoms with E-state index in [1.165, 1.54) is 32.3 Å². The van der Waals surface area contributed by atoms with E-state index in [2.05, 4.69) is 84.2 Å². The van der Waals surface area contributed by atoms with Crippen LogP contribution < -0.4 is 5.32 Å². The first kappa shape index (κ1) is 12.5. The van der Waals surface area contributed by atoms with Crippen molar-refractivity contribution < 1.29 is 0 Å². The molecule has 0 saturated heterocycles. The van der Waals surface area contributed by atoms with Gasteiger partial charge >= 0.3 is 0 Å². The van der Waals surface area contributed by atoms with E-state index in [1.54, 1.807) is 0 Å². The Morgan fingerprint density at radius 3 is 1.91 bits per heavy atom. The van der Waals surface area contributed by atoms with Gasteiger partial charge in [-0.3, -0.25) is 0 Å². The number of hydrogen-bond acceptors (Lipinski definition) is 1. The Morgan fingerprint density at radius 2 is 1.13 bits per heavy atom. The fourth-order valence-corrected chi connectivity index (χ4v) is 3.52. The number of rotatable bonds is 2. The largest absolute Gasteiger partial charge is 0.355 e. The Bertz CT molecular complexity index is 1110. The van der Waals surface area contributed by atoms with Crippen molar-refractivity contribution in [1.82, 2.24) is 0 Å². The average Bonchev–Trinajstić information content (AvgIpc) is 2.62. The summed E-state index contributed by atoms with van der Waals surface area (Å²) in [6, 6.07) is 30.1. The molecule has 0 aliphatic carbocycles. The van der Waals surface area contributed by atoms with Crippen molar-refractivity contribution in [3.63, 3.8) is 0 Å². The second-order valence-corrected chi connectivity index (χ2v) is 5.96. The summed E-state index contributed by atoms with van der Waals surface area (Å²) < 4.78 is 0. The fourth-order valence-electron chi connectivity index (χ4n) is 3.52. The van der Waals surface area contributed by atoms with Crippen LogP contribution in [0.1, 0.15) is 0 Å². The molecule has 0 fully saturated rings. The minimum absolute atomic E-state index is 1.11. The van der Waals surface area contributed by atoms with Gasteiger partial charge in [-0.05, 0) is 45.1 Å². The van der Waals surface area contributed by atoms with Crippen molar-refractivity contribution in [1.29, 1.82) is 0 Å². The first-order chi connectivity index (χ1) is 11.4. The lowest BCUT2D eigenvalue weighted by Gasteiger charge is -2.15. The van der Waals surface area contributed by atoms with Crippen molar-refractivity contribution >= 4 is 43.7 Å². The number of hydrogen-bond donors (Lipinski definition) is 1. The molecule has 0 heterocycles. The second-order valence-electron chi connectivity index (χ2n) is 5.96. The van der Waals surface area contributed by atoms with Gasteiger partial charge in [0.15, 0.2) is 0 Å². The number of para-hydroxylation sites is 1. The number of benzene rings is 5. The lowest BCUT2D eigenvalue weighted by molar-refractivity contribution is 1.58. The standard InChI is InChI=1S/C22H15N/c1-2-7-18(8-3-1)23-20-14-12-17-10-9-15-5-4-6-16-11-13-19(20)22(17)21(15)16/h1-14,23H. The van der Waals surface area contributed by atoms with Gasteiger partial charge in [-0.25, -0.2) is 0 Å². The molecule has 108 valence electrons. The minimum Gasteiger partial charge on any atom is -0.355 e. The van der Waals surface area contributed by atoms with Crippen LogP contribution in [0.25, 0.3) is 32.3 Å². The molecular formula is C22H15N. The Hall–Kier alpha value is -3.06. The molecule has 0 aromatic heterocycles. The van der Waals surface area contributed by atoms with Crippen molar-refractivity contribution in [2.45, 2.75) is 0 Å². The van der Waals surface area contributed by atoms with Gasteiger partial charge in [-0.15, -0.1) is 0 Å². The number of nitrogens with one attached hydrogen (secondary N) is 1. The summed E-state index contributed by atoms with van der Waals surface area (Å²) in [5.74, 6) is 0. The van der Waals surface area contributed by atoms with E-state index in [0.717, 1.165) is 11.4 Å². The maximum atomic E-state index is 3.56. The lowest BCUT2D eigenvalue weighted by Crippen LogP contribution is -1.92. The molecule has 1 N–H and O–H groups in total. The van der Waals surface area contributed by atoms with Crippen molar-refractivity contribution in [2.24, 2.45) is 0 Å². The Balaban J connectivity index is 1.84. The maximum Gasteiger partial charge on any atom is 0.0464 e. The van der Waals surface area contributed by atoms with Gasteiger partial charge in [0.1, 0.15) is 0 Å². The molecule has 1 heteroatoms. The molecule has 0 amide bonds. The van der Waals surface area contributed by atoms with E-state index in [9.17, 15) is 0 Å². The Morgan fingerprint density at radius 1 is 0.478 bits per heavy atom. The zero-order chi connectivity index (χ0) is 15.2. The van der Waals surface area contributed by atoms with Crippen LogP contribution in [-0.4, -0.2) is 0 Å². The smallest absolute Gasteiger partial charge is 0.0464 e. The quantitative estimate of drug-likeness (QED) is 0.375. The summed E-state index contributed by atoms with van der Waals surface area (Å²) in [7, 11) is 0. The third kappa shape index (κ3) is 1.87. The van der Waals surface area contributed by atoms with E-state index < -0.39 is 0 Å². The Kier molecular flexibility index (Phi) is 2.56. The average molecular weight is 293 g/mol. The summed E-state index contributed by atoms with van der Waals surface area (Å²) >= 11 is 0. The summed E-state index contributed by atoms with van der Waals surface area (Å²) in [6.45, 7) is 0. The van der Waals surface area contributed by atoms with Crippen LogP contribution in [0, 0.1) is 0 Å². The topological polar surface area (TPSA) is 12.0 Å². The van der Waals surface area contributed by atoms with E-state index in [4.69, 9.17) is 0 Å². The summed E-state index contributed by atoms with van der Waals surface area (Å²) in [6.07, 6.45) is 0. The molecule has 5 aromatic rings. The molecule has 5 rings (SSSR count). The van der Waals surface area contributed by atoms with Crippen molar-refractivity contribution in [2.75, 3.05) is 5.32 Å². The van der Waals surface area contributed by atoms with Gasteiger partial charge < -0.3 is 5.32 Å². The zero-order valence-electron chi connectivity index (χ0n) is 12.6. The predicted molar refractivity (Wildman–Crippen MR) is 99.9 cm³/mol. The third-order valence-corrected chi connectivity index (χ3v) is 4.58. The molecule has 23 heavy (non-hydrogen) atoms. The monoisotopic (exact) mass is 293 g/mol. The molecule has 0 bridgehead atoms. The summed E-state index contributed by atoms with van der Waals surface area (Å²) in [4.78, 5) is 0. The highest BCUT2D eigenvalue weighted by molar-refractivity contribution is 6.25. The number of anilines is 2. The summed E-state index contributed by atoms with van der Waals surface area (Å²) in [5.41, 5.74) is 2.27. The zero-order valence-corrected chi connectivity index (χ0v) is 12.6. The maximum absolute atomic E-state index is 3.56. The van der Waals surface area contributed by atoms with Crippen LogP contribution >= 0.6 is 0 Å². The van der Waals surface area contributed by atoms with E-state index in [-0.39, 0.29) is 0 Å². The highest BCUT2D eigenvalue weighted by atomic mass is 14.9. The van der Waals surface area contributed by atoms with Crippen LogP contribution in [0.15, 0.2) is 84.9 Å². The normalized spacial score (nSPS) is 11.5. The lowest BCUT2D eigenvalue weighted by atomic mass is 9.93. The van der Waals surface area contributed by atoms with Crippen LogP contribution in [0.3, 0.4) is 0 Å². The van der Waals surface area contributed by atoms with Crippen molar-refractivity contribution in [3.8, 4) is 0 Å². The third-order valence-electron chi connectivity index (χ3n) is 4.58. The van der Waals surface area contributed by atoms with Gasteiger partial charge in [0.25, 0.3) is 0 Å². The van der Waals surface area contributed by atoms with Gasteiger partial charge in [0.05, 0.1) is 0 Å². The SMILES string of the molecule is c1ccc(Nc2ccc3ccc4cccc5ccc2c3c45)cc1. The fraction of sp³-hybridized carbons (Fsp3) is 0. The van der Waals surface area contributed by atoms with Gasteiger partial charge in [-0.2, -0.15) is 0 Å². The minimum atomic E-state index is 1.11. The molecular weight excluding hydrogens is 278 g/mol. The van der Waals surface area contributed by atoms with Crippen molar-refractivity contribution in [3.05, 3.63) is 84.9 Å². The Labute approximate surface area is 134 Å². The van der Waals surface area contributed by atoms with E-state index >= 15 is 0 Å². The van der Waals surface area contributed by atoms with Crippen LogP contribution in [0.2, 0.25) is 0 Å². The molecule has 0 radical (unpaired) electrons. The molecule has 0 spiro atoms. The van der Waals surface area contributed by atoms with Gasteiger partial charge in [-0.1, -0.05) is 66.7 Å². The summed E-state index contributed by atoms with van der Waals surface area (Å²) in [5, 5.41) is 11.4. The van der Waals surface area contributed by atoms with E-state index in [1.807, 2.05) is 6.07 Å². The van der Waals surface area contributed by atoms with Crippen LogP contribution in [0.4, 0.5) is 11.4 Å². The molecule has 5 aromatic carbocycles. The first-order valence-corrected chi connectivity index (χ1v) is 7.89. The van der Waals surface area contributed by atoms with E-state index in [0.29, 0.717) is 0 Å². The first-order valence-electron chi connectivity index (χ1n) is 7.89. The van der Waals surface area contributed by atoms with Crippen LogP contribution in [0.5, 0.6) is 0 Å². The second kappa shape index (κ2) is 4.72. The molecule has 0 atom stereocenters. The highest BCUT2D eigenvalue weighted by Gasteiger charge is 2.10. The van der Waals surface area contributed by atoms with Crippen LogP contribution in [-0.2, 0) is 0 Å². The molecule has 0 unspecified atom stereocenters. The molecule has 1 nitrogen and oxygen atoms in total.